The van der Waals surface area contributed by atoms with Crippen LogP contribution >= 0.6 is 11.6 Å². The average Bonchev–Trinajstić information content (AvgIpc) is 3.15. The molecule has 3 aromatic rings. The molecule has 3 heterocycles. The minimum absolute atomic E-state index is 0.337. The van der Waals surface area contributed by atoms with Gasteiger partial charge in [-0.2, -0.15) is 9.61 Å². The van der Waals surface area contributed by atoms with Crippen LogP contribution in [-0.4, -0.2) is 52.4 Å². The highest BCUT2D eigenvalue weighted by Crippen LogP contribution is 2.28. The number of urea groups is 1. The van der Waals surface area contributed by atoms with Crippen LogP contribution in [0.4, 0.5) is 10.6 Å². The normalized spacial score (nSPS) is 16.8. The molecule has 1 aromatic carbocycles. The Balaban J connectivity index is 1.65. The van der Waals surface area contributed by atoms with Crippen molar-refractivity contribution in [2.45, 2.75) is 19.7 Å². The molecular formula is C20H24BClN6O. The van der Waals surface area contributed by atoms with Crippen LogP contribution in [-0.2, 0) is 0 Å². The van der Waals surface area contributed by atoms with Gasteiger partial charge in [0, 0.05) is 42.5 Å². The first-order valence-corrected chi connectivity index (χ1v) is 10.4. The van der Waals surface area contributed by atoms with E-state index in [0.717, 1.165) is 61.4 Å². The Morgan fingerprint density at radius 2 is 2.24 bits per heavy atom. The molecular weight excluding hydrogens is 387 g/mol. The number of nitrogens with zero attached hydrogens (tertiary/aromatic N) is 4. The quantitative estimate of drug-likeness (QED) is 0.632. The molecule has 0 saturated carbocycles. The number of anilines is 1. The van der Waals surface area contributed by atoms with E-state index >= 15 is 0 Å². The van der Waals surface area contributed by atoms with Crippen molar-refractivity contribution >= 4 is 41.8 Å². The van der Waals surface area contributed by atoms with Crippen molar-refractivity contribution in [2.75, 3.05) is 25.0 Å². The number of primary amides is 1. The van der Waals surface area contributed by atoms with Crippen molar-refractivity contribution in [3.8, 4) is 11.3 Å². The molecule has 1 atom stereocenters. The smallest absolute Gasteiger partial charge is 0.314 e. The third-order valence-electron chi connectivity index (χ3n) is 5.48. The number of piperidine rings is 1. The van der Waals surface area contributed by atoms with Gasteiger partial charge in [0.05, 0.1) is 5.69 Å². The number of hydrogen-bond acceptors (Lipinski definition) is 4. The molecule has 9 heteroatoms. The Bertz CT molecular complexity index is 1040. The average molecular weight is 411 g/mol. The second kappa shape index (κ2) is 8.33. The van der Waals surface area contributed by atoms with Crippen molar-refractivity contribution in [1.29, 1.82) is 0 Å². The summed E-state index contributed by atoms with van der Waals surface area (Å²) in [5.41, 5.74) is 9.07. The van der Waals surface area contributed by atoms with Crippen molar-refractivity contribution in [3.63, 3.8) is 0 Å². The molecule has 0 aliphatic carbocycles. The Labute approximate surface area is 175 Å². The van der Waals surface area contributed by atoms with E-state index in [2.05, 4.69) is 17.2 Å². The third kappa shape index (κ3) is 4.03. The number of nitrogens with one attached hydrogen (secondary N) is 1. The number of halogens is 1. The minimum atomic E-state index is -0.346. The number of fused-ring (bicyclic) bond motifs is 1. The van der Waals surface area contributed by atoms with Gasteiger partial charge in [0.2, 0.25) is 0 Å². The van der Waals surface area contributed by atoms with E-state index in [1.807, 2.05) is 41.0 Å². The number of carbonyl (C=O) groups excluding carboxylic acids is 1. The number of carbonyl (C=O) groups is 1. The summed E-state index contributed by atoms with van der Waals surface area (Å²) in [5.74, 6) is 1.20. The Morgan fingerprint density at radius 3 is 3.00 bits per heavy atom. The van der Waals surface area contributed by atoms with E-state index in [1.54, 1.807) is 4.90 Å². The SMILES string of the molecule is CBc1cnn2c(NCC3CCCN(C(N)=O)C3)cc(-c3ccccc3Cl)nc12. The molecule has 1 aliphatic heterocycles. The molecule has 29 heavy (non-hydrogen) atoms. The standard InChI is InChI=1S/C20H24BClN6O/c1-21-15-11-25-28-18(24-10-13-5-4-8-27(12-13)20(23)29)9-17(26-19(15)28)14-6-2-3-7-16(14)22/h2-3,6-7,9,11,13,21,24H,4-5,8,10,12H2,1H3,(H2,23,29). The highest BCUT2D eigenvalue weighted by Gasteiger charge is 2.22. The molecule has 150 valence electrons. The van der Waals surface area contributed by atoms with Crippen LogP contribution in [0.5, 0.6) is 0 Å². The van der Waals surface area contributed by atoms with Gasteiger partial charge in [-0.3, -0.25) is 0 Å². The van der Waals surface area contributed by atoms with Crippen molar-refractivity contribution in [1.82, 2.24) is 19.5 Å². The number of benzene rings is 1. The van der Waals surface area contributed by atoms with Crippen LogP contribution in [0, 0.1) is 5.92 Å². The Kier molecular flexibility index (Phi) is 5.62. The Morgan fingerprint density at radius 1 is 1.41 bits per heavy atom. The lowest BCUT2D eigenvalue weighted by atomic mass is 9.75. The highest BCUT2D eigenvalue weighted by atomic mass is 35.5. The molecule has 0 bridgehead atoms. The van der Waals surface area contributed by atoms with Crippen LogP contribution in [0.3, 0.4) is 0 Å². The summed E-state index contributed by atoms with van der Waals surface area (Å²) in [6, 6.07) is 9.34. The molecule has 0 radical (unpaired) electrons. The maximum Gasteiger partial charge on any atom is 0.314 e. The fourth-order valence-corrected chi connectivity index (χ4v) is 4.10. The first-order valence-electron chi connectivity index (χ1n) is 9.97. The predicted molar refractivity (Wildman–Crippen MR) is 118 cm³/mol. The van der Waals surface area contributed by atoms with Crippen LogP contribution in [0.25, 0.3) is 16.9 Å². The first kappa shape index (κ1) is 19.6. The van der Waals surface area contributed by atoms with E-state index in [-0.39, 0.29) is 6.03 Å². The number of hydrogen-bond donors (Lipinski definition) is 2. The molecule has 4 rings (SSSR count). The molecule has 1 unspecified atom stereocenters. The zero-order valence-electron chi connectivity index (χ0n) is 16.4. The number of amides is 2. The first-order chi connectivity index (χ1) is 14.1. The summed E-state index contributed by atoms with van der Waals surface area (Å²) in [6.45, 7) is 4.23. The number of rotatable bonds is 5. The van der Waals surface area contributed by atoms with Gasteiger partial charge in [-0.25, -0.2) is 9.78 Å². The van der Waals surface area contributed by atoms with Crippen molar-refractivity contribution < 1.29 is 4.79 Å². The molecule has 7 nitrogen and oxygen atoms in total. The molecule has 0 spiro atoms. The summed E-state index contributed by atoms with van der Waals surface area (Å²) in [5, 5.41) is 8.71. The monoisotopic (exact) mass is 410 g/mol. The zero-order chi connectivity index (χ0) is 20.4. The van der Waals surface area contributed by atoms with E-state index in [4.69, 9.17) is 22.3 Å². The summed E-state index contributed by atoms with van der Waals surface area (Å²) in [4.78, 5) is 18.1. The molecule has 1 fully saturated rings. The minimum Gasteiger partial charge on any atom is -0.370 e. The summed E-state index contributed by atoms with van der Waals surface area (Å²) >= 11 is 6.42. The van der Waals surface area contributed by atoms with Gasteiger partial charge in [0.25, 0.3) is 0 Å². The van der Waals surface area contributed by atoms with Crippen LogP contribution in [0.15, 0.2) is 36.5 Å². The molecule has 2 amide bonds. The topological polar surface area (TPSA) is 88.5 Å². The van der Waals surface area contributed by atoms with E-state index < -0.39 is 0 Å². The molecule has 3 N–H and O–H groups in total. The van der Waals surface area contributed by atoms with Gasteiger partial charge in [-0.15, -0.1) is 0 Å². The predicted octanol–water partition coefficient (Wildman–Crippen LogP) is 2.36. The summed E-state index contributed by atoms with van der Waals surface area (Å²) in [7, 11) is 0.845. The summed E-state index contributed by atoms with van der Waals surface area (Å²) in [6.07, 6.45) is 3.88. The van der Waals surface area contributed by atoms with E-state index in [9.17, 15) is 4.79 Å². The van der Waals surface area contributed by atoms with Gasteiger partial charge in [-0.1, -0.05) is 36.6 Å². The van der Waals surface area contributed by atoms with Gasteiger partial charge in [0.1, 0.15) is 5.82 Å². The maximum atomic E-state index is 11.5. The number of likely N-dealkylation sites (tertiary alicyclic amines) is 1. The summed E-state index contributed by atoms with van der Waals surface area (Å²) < 4.78 is 1.84. The fraction of sp³-hybridized carbons (Fsp3) is 0.350. The molecule has 1 saturated heterocycles. The van der Waals surface area contributed by atoms with Gasteiger partial charge in [0.15, 0.2) is 12.9 Å². The largest absolute Gasteiger partial charge is 0.370 e. The third-order valence-corrected chi connectivity index (χ3v) is 5.81. The number of nitrogens with two attached hydrogens (primary N) is 1. The second-order valence-electron chi connectivity index (χ2n) is 7.44. The lowest BCUT2D eigenvalue weighted by Crippen LogP contribution is -2.44. The van der Waals surface area contributed by atoms with E-state index in [1.165, 1.54) is 0 Å². The molecule has 2 aromatic heterocycles. The zero-order valence-corrected chi connectivity index (χ0v) is 17.2. The van der Waals surface area contributed by atoms with Gasteiger partial charge >= 0.3 is 6.03 Å². The molecule has 1 aliphatic rings. The fourth-order valence-electron chi connectivity index (χ4n) is 3.87. The lowest BCUT2D eigenvalue weighted by molar-refractivity contribution is 0.177. The number of aromatic nitrogens is 3. The van der Waals surface area contributed by atoms with Crippen LogP contribution < -0.4 is 16.5 Å². The lowest BCUT2D eigenvalue weighted by Gasteiger charge is -2.31. The van der Waals surface area contributed by atoms with Crippen LogP contribution in [0.1, 0.15) is 12.8 Å². The van der Waals surface area contributed by atoms with Crippen LogP contribution in [0.2, 0.25) is 11.8 Å². The highest BCUT2D eigenvalue weighted by molar-refractivity contribution is 6.54. The maximum absolute atomic E-state index is 11.5. The Hall–Kier alpha value is -2.74. The van der Waals surface area contributed by atoms with Gasteiger partial charge < -0.3 is 16.0 Å². The second-order valence-corrected chi connectivity index (χ2v) is 7.85. The van der Waals surface area contributed by atoms with Crippen molar-refractivity contribution in [3.05, 3.63) is 41.6 Å². The van der Waals surface area contributed by atoms with Gasteiger partial charge in [-0.05, 0) is 30.3 Å². The van der Waals surface area contributed by atoms with Crippen molar-refractivity contribution in [2.24, 2.45) is 11.7 Å². The van der Waals surface area contributed by atoms with E-state index in [0.29, 0.717) is 17.5 Å².